The van der Waals surface area contributed by atoms with Crippen molar-refractivity contribution in [2.24, 2.45) is 0 Å². The van der Waals surface area contributed by atoms with E-state index in [0.717, 1.165) is 12.1 Å². The topological polar surface area (TPSA) is 93.4 Å². The molecule has 31 heavy (non-hydrogen) atoms. The number of carbonyl (C=O) groups excluding carboxylic acids is 1. The van der Waals surface area contributed by atoms with Gasteiger partial charge in [-0.25, -0.2) is 26.7 Å². The van der Waals surface area contributed by atoms with Gasteiger partial charge >= 0.3 is 0 Å². The predicted molar refractivity (Wildman–Crippen MR) is 110 cm³/mol. The second-order valence-corrected chi connectivity index (χ2v) is 8.82. The van der Waals surface area contributed by atoms with Gasteiger partial charge in [0.05, 0.1) is 11.3 Å². The fourth-order valence-electron chi connectivity index (χ4n) is 3.24. The summed E-state index contributed by atoms with van der Waals surface area (Å²) < 4.78 is 54.6. The number of amides is 1. The van der Waals surface area contributed by atoms with Crippen LogP contribution in [0.1, 0.15) is 12.5 Å². The molecule has 0 fully saturated rings. The summed E-state index contributed by atoms with van der Waals surface area (Å²) in [4.78, 5) is 14.8. The van der Waals surface area contributed by atoms with E-state index in [0.29, 0.717) is 34.1 Å². The van der Waals surface area contributed by atoms with Crippen molar-refractivity contribution in [1.82, 2.24) is 14.6 Å². The number of rotatable bonds is 5. The van der Waals surface area contributed by atoms with Gasteiger partial charge in [0, 0.05) is 37.1 Å². The Labute approximate surface area is 176 Å². The van der Waals surface area contributed by atoms with Crippen molar-refractivity contribution in [3.8, 4) is 11.1 Å². The molecule has 4 rings (SSSR count). The second-order valence-electron chi connectivity index (χ2n) is 6.86. The Bertz CT molecular complexity index is 1420. The Hall–Kier alpha value is -3.66. The molecule has 0 bridgehead atoms. The fourth-order valence-corrected chi connectivity index (χ4v) is 4.67. The first-order chi connectivity index (χ1) is 14.7. The van der Waals surface area contributed by atoms with E-state index in [1.54, 1.807) is 30.5 Å². The molecule has 0 saturated carbocycles. The van der Waals surface area contributed by atoms with Gasteiger partial charge in [-0.05, 0) is 47.5 Å². The molecule has 1 aromatic carbocycles. The van der Waals surface area contributed by atoms with E-state index in [-0.39, 0.29) is 5.91 Å². The van der Waals surface area contributed by atoms with Crippen molar-refractivity contribution in [1.29, 1.82) is 0 Å². The molecule has 0 saturated heterocycles. The smallest absolute Gasteiger partial charge is 0.222 e. The van der Waals surface area contributed by atoms with Crippen LogP contribution in [0.15, 0.2) is 66.0 Å². The summed E-state index contributed by atoms with van der Waals surface area (Å²) in [7, 11) is -4.11. The maximum Gasteiger partial charge on any atom is 0.222 e. The molecule has 0 aliphatic heterocycles. The lowest BCUT2D eigenvalue weighted by Gasteiger charge is -2.11. The van der Waals surface area contributed by atoms with E-state index in [9.17, 15) is 22.0 Å². The van der Waals surface area contributed by atoms with E-state index in [1.165, 1.54) is 23.8 Å². The Balaban J connectivity index is 1.79. The maximum absolute atomic E-state index is 14.1. The number of fused-ring (bicyclic) bond motifs is 1. The molecule has 3 heterocycles. The molecule has 158 valence electrons. The normalized spacial score (nSPS) is 11.6. The fraction of sp³-hybridized carbons (Fsp3) is 0.0952. The summed E-state index contributed by atoms with van der Waals surface area (Å²) in [5, 5.41) is 6.77. The molecular weight excluding hydrogens is 426 g/mol. The second kappa shape index (κ2) is 7.88. The first-order valence-electron chi connectivity index (χ1n) is 9.11. The van der Waals surface area contributed by atoms with Crippen LogP contribution >= 0.6 is 0 Å². The lowest BCUT2D eigenvalue weighted by molar-refractivity contribution is -0.114. The standard InChI is InChI=1S/C21H16F2N4O3S/c1-13(28)26-21-9-14(4-6-24-21)15-8-16(19-5-7-25-27(19)11-15)12-31(29,30)20-3-2-17(22)10-18(20)23/h2-11H,12H2,1H3,(H,24,26,28). The van der Waals surface area contributed by atoms with Crippen molar-refractivity contribution in [2.75, 3.05) is 5.32 Å². The number of pyridine rings is 2. The van der Waals surface area contributed by atoms with Gasteiger partial charge in [-0.3, -0.25) is 4.79 Å². The molecule has 1 amide bonds. The Morgan fingerprint density at radius 3 is 2.61 bits per heavy atom. The number of hydrogen-bond donors (Lipinski definition) is 1. The summed E-state index contributed by atoms with van der Waals surface area (Å²) in [6.45, 7) is 1.36. The number of benzene rings is 1. The summed E-state index contributed by atoms with van der Waals surface area (Å²) in [5.41, 5.74) is 2.21. The third-order valence-electron chi connectivity index (χ3n) is 4.56. The molecule has 0 radical (unpaired) electrons. The highest BCUT2D eigenvalue weighted by Crippen LogP contribution is 2.28. The average Bonchev–Trinajstić information content (AvgIpc) is 3.16. The third kappa shape index (κ3) is 4.29. The highest BCUT2D eigenvalue weighted by atomic mass is 32.2. The van der Waals surface area contributed by atoms with E-state index < -0.39 is 32.1 Å². The van der Waals surface area contributed by atoms with Crippen LogP contribution in [0.4, 0.5) is 14.6 Å². The molecule has 1 N–H and O–H groups in total. The first-order valence-corrected chi connectivity index (χ1v) is 10.8. The number of anilines is 1. The number of halogens is 2. The van der Waals surface area contributed by atoms with E-state index >= 15 is 0 Å². The molecule has 0 spiro atoms. The van der Waals surface area contributed by atoms with Gasteiger partial charge in [0.25, 0.3) is 0 Å². The lowest BCUT2D eigenvalue weighted by Crippen LogP contribution is -2.09. The molecule has 10 heteroatoms. The highest BCUT2D eigenvalue weighted by molar-refractivity contribution is 7.90. The van der Waals surface area contributed by atoms with Crippen molar-refractivity contribution in [2.45, 2.75) is 17.6 Å². The van der Waals surface area contributed by atoms with Crippen LogP contribution in [0.2, 0.25) is 0 Å². The van der Waals surface area contributed by atoms with E-state index in [1.807, 2.05) is 0 Å². The maximum atomic E-state index is 14.1. The molecule has 0 unspecified atom stereocenters. The largest absolute Gasteiger partial charge is 0.311 e. The van der Waals surface area contributed by atoms with Crippen LogP contribution in [-0.2, 0) is 20.4 Å². The minimum atomic E-state index is -4.11. The number of hydrogen-bond acceptors (Lipinski definition) is 5. The minimum absolute atomic E-state index is 0.278. The lowest BCUT2D eigenvalue weighted by atomic mass is 10.1. The molecule has 0 atom stereocenters. The van der Waals surface area contributed by atoms with Crippen LogP contribution in [0.3, 0.4) is 0 Å². The Morgan fingerprint density at radius 2 is 1.87 bits per heavy atom. The SMILES string of the molecule is CC(=O)Nc1cc(-c2cc(CS(=O)(=O)c3ccc(F)cc3F)c3ccnn3c2)ccn1. The highest BCUT2D eigenvalue weighted by Gasteiger charge is 2.22. The first kappa shape index (κ1) is 20.6. The van der Waals surface area contributed by atoms with Crippen molar-refractivity contribution in [3.05, 3.63) is 78.3 Å². The zero-order valence-electron chi connectivity index (χ0n) is 16.2. The van der Waals surface area contributed by atoms with Gasteiger partial charge in [0.1, 0.15) is 22.3 Å². The van der Waals surface area contributed by atoms with Crippen LogP contribution in [0.25, 0.3) is 16.6 Å². The van der Waals surface area contributed by atoms with Crippen LogP contribution < -0.4 is 5.32 Å². The van der Waals surface area contributed by atoms with Crippen molar-refractivity contribution < 1.29 is 22.0 Å². The van der Waals surface area contributed by atoms with E-state index in [2.05, 4.69) is 15.4 Å². The van der Waals surface area contributed by atoms with Gasteiger partial charge < -0.3 is 5.32 Å². The zero-order valence-corrected chi connectivity index (χ0v) is 17.0. The number of aromatic nitrogens is 3. The number of nitrogens with one attached hydrogen (secondary N) is 1. The van der Waals surface area contributed by atoms with Crippen molar-refractivity contribution >= 4 is 27.1 Å². The molecule has 0 aliphatic carbocycles. The van der Waals surface area contributed by atoms with Crippen LogP contribution in [0.5, 0.6) is 0 Å². The molecule has 7 nitrogen and oxygen atoms in total. The number of carbonyl (C=O) groups is 1. The monoisotopic (exact) mass is 442 g/mol. The van der Waals surface area contributed by atoms with Crippen LogP contribution in [0, 0.1) is 11.6 Å². The number of nitrogens with zero attached hydrogens (tertiary/aromatic N) is 3. The Morgan fingerprint density at radius 1 is 1.06 bits per heavy atom. The summed E-state index contributed by atoms with van der Waals surface area (Å²) in [5.74, 6) is -2.45. The summed E-state index contributed by atoms with van der Waals surface area (Å²) >= 11 is 0. The van der Waals surface area contributed by atoms with Gasteiger partial charge in [0.2, 0.25) is 5.91 Å². The van der Waals surface area contributed by atoms with Gasteiger partial charge in [-0.1, -0.05) is 0 Å². The summed E-state index contributed by atoms with van der Waals surface area (Å²) in [6.07, 6.45) is 4.73. The van der Waals surface area contributed by atoms with Gasteiger partial charge in [0.15, 0.2) is 9.84 Å². The minimum Gasteiger partial charge on any atom is -0.311 e. The average molecular weight is 442 g/mol. The Kier molecular flexibility index (Phi) is 5.24. The van der Waals surface area contributed by atoms with Crippen molar-refractivity contribution in [3.63, 3.8) is 0 Å². The van der Waals surface area contributed by atoms with Gasteiger partial charge in [-0.15, -0.1) is 0 Å². The third-order valence-corrected chi connectivity index (χ3v) is 6.25. The molecule has 3 aromatic heterocycles. The van der Waals surface area contributed by atoms with Gasteiger partial charge in [-0.2, -0.15) is 5.10 Å². The van der Waals surface area contributed by atoms with Crippen LogP contribution in [-0.4, -0.2) is 28.9 Å². The molecule has 4 aromatic rings. The summed E-state index contributed by atoms with van der Waals surface area (Å²) in [6, 6.07) is 9.01. The predicted octanol–water partition coefficient (Wildman–Crippen LogP) is 3.61. The number of sulfone groups is 1. The van der Waals surface area contributed by atoms with E-state index in [4.69, 9.17) is 0 Å². The quantitative estimate of drug-likeness (QED) is 0.477. The molecular formula is C21H16F2N4O3S. The zero-order chi connectivity index (χ0) is 22.2. The molecule has 0 aliphatic rings.